The van der Waals surface area contributed by atoms with Crippen LogP contribution < -0.4 is 19.7 Å². The Balaban J connectivity index is 1.73. The number of nitrogens with one attached hydrogen (secondary N) is 1. The van der Waals surface area contributed by atoms with Crippen LogP contribution in [0.25, 0.3) is 0 Å². The molecule has 2 amide bonds. The Morgan fingerprint density at radius 1 is 1.19 bits per heavy atom. The van der Waals surface area contributed by atoms with Crippen molar-refractivity contribution >= 4 is 38.8 Å². The van der Waals surface area contributed by atoms with Gasteiger partial charge in [0.1, 0.15) is 22.5 Å². The molecule has 32 heavy (non-hydrogen) atoms. The number of ether oxygens (including phenoxy) is 2. The molecule has 1 aliphatic rings. The van der Waals surface area contributed by atoms with Gasteiger partial charge >= 0.3 is 0 Å². The van der Waals surface area contributed by atoms with Crippen LogP contribution in [0.4, 0.5) is 11.4 Å². The highest BCUT2D eigenvalue weighted by Gasteiger charge is 2.32. The van der Waals surface area contributed by atoms with E-state index in [0.29, 0.717) is 29.4 Å². The van der Waals surface area contributed by atoms with E-state index >= 15 is 0 Å². The summed E-state index contributed by atoms with van der Waals surface area (Å²) in [7, 11) is -2.58. The second kappa shape index (κ2) is 9.39. The first-order valence-electron chi connectivity index (χ1n) is 9.93. The molecule has 2 aromatic rings. The Kier molecular flexibility index (Phi) is 6.83. The molecule has 0 spiro atoms. The van der Waals surface area contributed by atoms with E-state index in [1.807, 2.05) is 0 Å². The first kappa shape index (κ1) is 23.3. The van der Waals surface area contributed by atoms with E-state index in [1.54, 1.807) is 31.2 Å². The number of carbonyl (C=O) groups excluding carboxylic acids is 3. The number of likely N-dealkylation sites (N-methyl/N-ethyl adjacent to an activating group) is 1. The Morgan fingerprint density at radius 3 is 2.50 bits per heavy atom. The van der Waals surface area contributed by atoms with Crippen molar-refractivity contribution in [2.45, 2.75) is 19.1 Å². The van der Waals surface area contributed by atoms with Gasteiger partial charge in [0, 0.05) is 17.8 Å². The van der Waals surface area contributed by atoms with Crippen LogP contribution in [0.5, 0.6) is 11.5 Å². The van der Waals surface area contributed by atoms with Crippen LogP contribution in [-0.4, -0.2) is 57.3 Å². The Hall–Kier alpha value is -3.40. The molecule has 3 rings (SSSR count). The van der Waals surface area contributed by atoms with Crippen LogP contribution in [0.1, 0.15) is 24.2 Å². The minimum Gasteiger partial charge on any atom is -0.497 e. The van der Waals surface area contributed by atoms with Gasteiger partial charge < -0.3 is 19.7 Å². The van der Waals surface area contributed by atoms with Crippen molar-refractivity contribution in [3.8, 4) is 11.5 Å². The van der Waals surface area contributed by atoms with Crippen molar-refractivity contribution in [1.29, 1.82) is 0 Å². The predicted octanol–water partition coefficient (Wildman–Crippen LogP) is 2.07. The van der Waals surface area contributed by atoms with Gasteiger partial charge in [0.15, 0.2) is 22.2 Å². The van der Waals surface area contributed by atoms with E-state index in [9.17, 15) is 22.8 Å². The second-order valence-electron chi connectivity index (χ2n) is 7.20. The highest BCUT2D eigenvalue weighted by molar-refractivity contribution is 7.93. The highest BCUT2D eigenvalue weighted by Crippen LogP contribution is 2.33. The maximum atomic E-state index is 12.9. The van der Waals surface area contributed by atoms with Gasteiger partial charge in [-0.05, 0) is 56.3 Å². The van der Waals surface area contributed by atoms with Gasteiger partial charge in [0.2, 0.25) is 5.91 Å². The number of hydrogen-bond donors (Lipinski definition) is 1. The molecule has 10 heteroatoms. The Labute approximate surface area is 186 Å². The number of rotatable bonds is 8. The molecule has 0 fully saturated rings. The summed E-state index contributed by atoms with van der Waals surface area (Å²) >= 11 is 0. The minimum absolute atomic E-state index is 0.0950. The number of ketones is 1. The average molecular weight is 461 g/mol. The zero-order valence-corrected chi connectivity index (χ0v) is 18.8. The fourth-order valence-corrected chi connectivity index (χ4v) is 4.43. The largest absolute Gasteiger partial charge is 0.497 e. The third kappa shape index (κ3) is 4.91. The van der Waals surface area contributed by atoms with Gasteiger partial charge in [-0.2, -0.15) is 0 Å². The molecular weight excluding hydrogens is 436 g/mol. The highest BCUT2D eigenvalue weighted by atomic mass is 32.2. The van der Waals surface area contributed by atoms with Gasteiger partial charge in [-0.25, -0.2) is 8.42 Å². The molecule has 2 aromatic carbocycles. The van der Waals surface area contributed by atoms with Gasteiger partial charge in [0.05, 0.1) is 12.8 Å². The summed E-state index contributed by atoms with van der Waals surface area (Å²) in [5, 5.41) is 1.05. The first-order chi connectivity index (χ1) is 15.2. The number of hydrogen-bond acceptors (Lipinski definition) is 7. The predicted molar refractivity (Wildman–Crippen MR) is 119 cm³/mol. The van der Waals surface area contributed by atoms with Gasteiger partial charge in [-0.3, -0.25) is 14.4 Å². The molecular formula is C22H24N2O7S. The van der Waals surface area contributed by atoms with E-state index in [1.165, 1.54) is 37.1 Å². The molecule has 0 saturated heterocycles. The summed E-state index contributed by atoms with van der Waals surface area (Å²) in [4.78, 5) is 38.7. The number of fused-ring (bicyclic) bond motifs is 1. The van der Waals surface area contributed by atoms with E-state index in [-0.39, 0.29) is 18.1 Å². The molecule has 0 saturated carbocycles. The van der Waals surface area contributed by atoms with Crippen molar-refractivity contribution in [2.75, 3.05) is 36.2 Å². The van der Waals surface area contributed by atoms with Crippen molar-refractivity contribution in [2.24, 2.45) is 0 Å². The number of amides is 2. The van der Waals surface area contributed by atoms with E-state index in [4.69, 9.17) is 9.47 Å². The van der Waals surface area contributed by atoms with Gasteiger partial charge in [-0.1, -0.05) is 0 Å². The molecule has 1 aliphatic heterocycles. The fraction of sp³-hybridized carbons (Fsp3) is 0.318. The first-order valence-corrected chi connectivity index (χ1v) is 11.6. The molecule has 0 bridgehead atoms. The van der Waals surface area contributed by atoms with Crippen molar-refractivity contribution in [3.05, 3.63) is 48.0 Å². The van der Waals surface area contributed by atoms with Crippen LogP contribution in [-0.2, 0) is 19.4 Å². The number of nitrogens with zero attached hydrogens (tertiary/aromatic N) is 1. The molecule has 1 atom stereocenters. The monoisotopic (exact) mass is 460 g/mol. The van der Waals surface area contributed by atoms with Gasteiger partial charge in [0.25, 0.3) is 5.91 Å². The number of anilines is 2. The molecule has 1 heterocycles. The third-order valence-corrected chi connectivity index (χ3v) is 7.07. The zero-order valence-electron chi connectivity index (χ0n) is 18.0. The van der Waals surface area contributed by atoms with Crippen LogP contribution in [0.15, 0.2) is 42.5 Å². The summed E-state index contributed by atoms with van der Waals surface area (Å²) in [6.45, 7) is 3.32. The standard InChI is InChI=1S/C22H24N2O7S/c1-4-24-18-11-15(5-10-19(18)31-12-21(24)26)22(27)14(2)32(28,29)13-20(25)23-16-6-8-17(30-3)9-7-16/h5-11,14H,4,12-13H2,1-3H3,(H,23,25). The summed E-state index contributed by atoms with van der Waals surface area (Å²) in [5.41, 5.74) is 0.938. The normalized spacial score (nSPS) is 14.2. The second-order valence-corrected chi connectivity index (χ2v) is 9.52. The fourth-order valence-electron chi connectivity index (χ4n) is 3.28. The molecule has 9 nitrogen and oxygen atoms in total. The number of benzene rings is 2. The minimum atomic E-state index is -4.09. The Morgan fingerprint density at radius 2 is 1.88 bits per heavy atom. The molecule has 170 valence electrons. The lowest BCUT2D eigenvalue weighted by molar-refractivity contribution is -0.121. The number of sulfone groups is 1. The van der Waals surface area contributed by atoms with Crippen LogP contribution in [0.2, 0.25) is 0 Å². The van der Waals surface area contributed by atoms with Crippen LogP contribution in [0.3, 0.4) is 0 Å². The maximum absolute atomic E-state index is 12.9. The maximum Gasteiger partial charge on any atom is 0.265 e. The molecule has 0 radical (unpaired) electrons. The number of Topliss-reactive ketones (excluding diaryl/α,β-unsaturated/α-hetero) is 1. The van der Waals surface area contributed by atoms with Gasteiger partial charge in [-0.15, -0.1) is 0 Å². The van der Waals surface area contributed by atoms with E-state index in [2.05, 4.69) is 5.32 Å². The number of carbonyl (C=O) groups is 3. The summed E-state index contributed by atoms with van der Waals surface area (Å²) < 4.78 is 35.8. The smallest absolute Gasteiger partial charge is 0.265 e. The summed E-state index contributed by atoms with van der Waals surface area (Å²) in [6.07, 6.45) is 0. The lowest BCUT2D eigenvalue weighted by Crippen LogP contribution is -2.39. The molecule has 1 N–H and O–H groups in total. The lowest BCUT2D eigenvalue weighted by Gasteiger charge is -2.28. The van der Waals surface area contributed by atoms with E-state index < -0.39 is 32.5 Å². The zero-order chi connectivity index (χ0) is 23.5. The summed E-state index contributed by atoms with van der Waals surface area (Å²) in [5.74, 6) is -1.48. The topological polar surface area (TPSA) is 119 Å². The van der Waals surface area contributed by atoms with Crippen molar-refractivity contribution in [3.63, 3.8) is 0 Å². The van der Waals surface area contributed by atoms with Crippen molar-refractivity contribution < 1.29 is 32.3 Å². The van der Waals surface area contributed by atoms with Crippen LogP contribution in [0, 0.1) is 0 Å². The summed E-state index contributed by atoms with van der Waals surface area (Å²) in [6, 6.07) is 10.8. The number of methoxy groups -OCH3 is 1. The van der Waals surface area contributed by atoms with E-state index in [0.717, 1.165) is 0 Å². The third-order valence-electron chi connectivity index (χ3n) is 5.12. The SMILES string of the molecule is CCN1C(=O)COc2ccc(C(=O)C(C)S(=O)(=O)CC(=O)Nc3ccc(OC)cc3)cc21. The lowest BCUT2D eigenvalue weighted by atomic mass is 10.1. The molecule has 1 unspecified atom stereocenters. The van der Waals surface area contributed by atoms with Crippen molar-refractivity contribution in [1.82, 2.24) is 0 Å². The molecule has 0 aromatic heterocycles. The Bertz CT molecular complexity index is 1140. The average Bonchev–Trinajstić information content (AvgIpc) is 2.77. The quantitative estimate of drug-likeness (QED) is 0.599. The molecule has 0 aliphatic carbocycles. The van der Waals surface area contributed by atoms with Crippen LogP contribution >= 0.6 is 0 Å².